The fourth-order valence-corrected chi connectivity index (χ4v) is 4.40. The molecule has 0 radical (unpaired) electrons. The first-order valence-corrected chi connectivity index (χ1v) is 9.45. The zero-order valence-electron chi connectivity index (χ0n) is 14.1. The first-order valence-electron chi connectivity index (χ1n) is 9.07. The molecule has 2 bridgehead atoms. The highest BCUT2D eigenvalue weighted by Gasteiger charge is 2.41. The Morgan fingerprint density at radius 3 is 2.56 bits per heavy atom. The molecule has 0 unspecified atom stereocenters. The standard InChI is InChI=1S/C19H22ClFN2O2/c20-14-5-7-16(17(21)8-14)19(25)23-10-12-4-6-15(23)11-22(9-12)18(24)13-2-1-3-13/h5,7-8,12-13,15H,1-4,6,9-11H2/t12-,15+/m1/s1. The third-order valence-electron chi connectivity index (χ3n) is 5.90. The van der Waals surface area contributed by atoms with Gasteiger partial charge in [0.05, 0.1) is 5.56 Å². The number of amides is 2. The molecular formula is C19H22ClFN2O2. The summed E-state index contributed by atoms with van der Waals surface area (Å²) in [6.07, 6.45) is 5.01. The summed E-state index contributed by atoms with van der Waals surface area (Å²) >= 11 is 5.79. The summed E-state index contributed by atoms with van der Waals surface area (Å²) in [4.78, 5) is 29.3. The highest BCUT2D eigenvalue weighted by atomic mass is 35.5. The maximum Gasteiger partial charge on any atom is 0.257 e. The van der Waals surface area contributed by atoms with Gasteiger partial charge in [0.2, 0.25) is 5.91 Å². The van der Waals surface area contributed by atoms with Crippen LogP contribution in [0.2, 0.25) is 5.02 Å². The van der Waals surface area contributed by atoms with Crippen LogP contribution >= 0.6 is 11.6 Å². The highest BCUT2D eigenvalue weighted by molar-refractivity contribution is 6.30. The number of carbonyl (C=O) groups is 2. The minimum absolute atomic E-state index is 0.0228. The lowest BCUT2D eigenvalue weighted by atomic mass is 9.84. The molecule has 1 saturated carbocycles. The third kappa shape index (κ3) is 3.14. The van der Waals surface area contributed by atoms with Gasteiger partial charge in [-0.25, -0.2) is 4.39 Å². The van der Waals surface area contributed by atoms with Crippen molar-refractivity contribution < 1.29 is 14.0 Å². The molecule has 1 aromatic carbocycles. The molecule has 0 N–H and O–H groups in total. The molecule has 2 atom stereocenters. The van der Waals surface area contributed by atoms with Crippen LogP contribution in [-0.2, 0) is 4.79 Å². The summed E-state index contributed by atoms with van der Waals surface area (Å²) in [6.45, 7) is 1.89. The van der Waals surface area contributed by atoms with E-state index < -0.39 is 5.82 Å². The van der Waals surface area contributed by atoms with Crippen molar-refractivity contribution in [3.05, 3.63) is 34.6 Å². The van der Waals surface area contributed by atoms with Crippen LogP contribution < -0.4 is 0 Å². The molecule has 2 amide bonds. The van der Waals surface area contributed by atoms with E-state index in [1.165, 1.54) is 12.1 Å². The molecule has 3 heterocycles. The zero-order chi connectivity index (χ0) is 17.6. The summed E-state index contributed by atoms with van der Waals surface area (Å²) < 4.78 is 14.2. The Kier molecular flexibility index (Phi) is 4.44. The predicted molar refractivity (Wildman–Crippen MR) is 92.9 cm³/mol. The van der Waals surface area contributed by atoms with E-state index in [1.54, 1.807) is 11.0 Å². The molecule has 4 fully saturated rings. The normalized spacial score (nSPS) is 26.3. The van der Waals surface area contributed by atoms with E-state index in [0.717, 1.165) is 38.6 Å². The van der Waals surface area contributed by atoms with E-state index in [1.807, 2.05) is 4.90 Å². The van der Waals surface area contributed by atoms with Crippen LogP contribution in [0.5, 0.6) is 0 Å². The molecule has 4 aliphatic rings. The fraction of sp³-hybridized carbons (Fsp3) is 0.579. The van der Waals surface area contributed by atoms with E-state index in [0.29, 0.717) is 13.1 Å². The number of carbonyl (C=O) groups excluding carboxylic acids is 2. The molecule has 1 aliphatic carbocycles. The Bertz CT molecular complexity index is 707. The molecule has 5 rings (SSSR count). The molecule has 3 saturated heterocycles. The largest absolute Gasteiger partial charge is 0.340 e. The number of hydrogen-bond donors (Lipinski definition) is 0. The van der Waals surface area contributed by atoms with E-state index in [2.05, 4.69) is 0 Å². The first-order chi connectivity index (χ1) is 12.0. The molecule has 0 spiro atoms. The summed E-state index contributed by atoms with van der Waals surface area (Å²) in [7, 11) is 0. The number of piperidine rings is 1. The van der Waals surface area contributed by atoms with Gasteiger partial charge in [-0.15, -0.1) is 0 Å². The fourth-order valence-electron chi connectivity index (χ4n) is 4.24. The minimum Gasteiger partial charge on any atom is -0.340 e. The van der Waals surface area contributed by atoms with Crippen LogP contribution in [0.25, 0.3) is 0 Å². The van der Waals surface area contributed by atoms with Crippen LogP contribution in [0.15, 0.2) is 18.2 Å². The van der Waals surface area contributed by atoms with Gasteiger partial charge in [0, 0.05) is 36.6 Å². The second kappa shape index (κ2) is 6.60. The van der Waals surface area contributed by atoms with Gasteiger partial charge in [0.15, 0.2) is 0 Å². The van der Waals surface area contributed by atoms with Gasteiger partial charge in [0.1, 0.15) is 5.82 Å². The van der Waals surface area contributed by atoms with Crippen LogP contribution in [0.3, 0.4) is 0 Å². The van der Waals surface area contributed by atoms with Crippen molar-refractivity contribution in [3.63, 3.8) is 0 Å². The van der Waals surface area contributed by atoms with Crippen LogP contribution in [0.1, 0.15) is 42.5 Å². The van der Waals surface area contributed by atoms with Crippen molar-refractivity contribution in [2.45, 2.75) is 38.1 Å². The summed E-state index contributed by atoms with van der Waals surface area (Å²) in [5.41, 5.74) is 0.0637. The lowest BCUT2D eigenvalue weighted by Gasteiger charge is -2.36. The quantitative estimate of drug-likeness (QED) is 0.807. The topological polar surface area (TPSA) is 40.6 Å². The molecule has 6 heteroatoms. The van der Waals surface area contributed by atoms with Gasteiger partial charge >= 0.3 is 0 Å². The predicted octanol–water partition coefficient (Wildman–Crippen LogP) is 3.34. The van der Waals surface area contributed by atoms with Crippen molar-refractivity contribution in [2.75, 3.05) is 19.6 Å². The second-order valence-corrected chi connectivity index (χ2v) is 7.99. The van der Waals surface area contributed by atoms with Crippen molar-refractivity contribution in [1.82, 2.24) is 9.80 Å². The van der Waals surface area contributed by atoms with Crippen LogP contribution in [0.4, 0.5) is 4.39 Å². The van der Waals surface area contributed by atoms with E-state index >= 15 is 0 Å². The first kappa shape index (κ1) is 16.8. The number of benzene rings is 1. The second-order valence-electron chi connectivity index (χ2n) is 7.55. The van der Waals surface area contributed by atoms with E-state index in [9.17, 15) is 14.0 Å². The average molecular weight is 365 g/mol. The number of nitrogens with zero attached hydrogens (tertiary/aromatic N) is 2. The Balaban J connectivity index is 1.53. The monoisotopic (exact) mass is 364 g/mol. The van der Waals surface area contributed by atoms with Gasteiger partial charge in [-0.05, 0) is 49.8 Å². The minimum atomic E-state index is -0.583. The molecule has 134 valence electrons. The lowest BCUT2D eigenvalue weighted by Crippen LogP contribution is -2.48. The van der Waals surface area contributed by atoms with Gasteiger partial charge in [-0.1, -0.05) is 18.0 Å². The Labute approximate surface area is 151 Å². The molecule has 0 aromatic heterocycles. The van der Waals surface area contributed by atoms with Crippen molar-refractivity contribution in [3.8, 4) is 0 Å². The number of hydrogen-bond acceptors (Lipinski definition) is 2. The molecule has 4 nitrogen and oxygen atoms in total. The summed E-state index contributed by atoms with van der Waals surface area (Å²) in [5.74, 6) is -0.172. The molecular weight excluding hydrogens is 343 g/mol. The zero-order valence-corrected chi connectivity index (χ0v) is 14.8. The summed E-state index contributed by atoms with van der Waals surface area (Å²) in [5, 5.41) is 0.281. The Hall–Kier alpha value is -1.62. The van der Waals surface area contributed by atoms with Crippen molar-refractivity contribution in [1.29, 1.82) is 0 Å². The van der Waals surface area contributed by atoms with Crippen molar-refractivity contribution in [2.24, 2.45) is 11.8 Å². The van der Waals surface area contributed by atoms with Crippen LogP contribution in [-0.4, -0.2) is 47.3 Å². The smallest absolute Gasteiger partial charge is 0.257 e. The Morgan fingerprint density at radius 1 is 1.08 bits per heavy atom. The van der Waals surface area contributed by atoms with Crippen molar-refractivity contribution >= 4 is 23.4 Å². The van der Waals surface area contributed by atoms with Gasteiger partial charge in [-0.2, -0.15) is 0 Å². The summed E-state index contributed by atoms with van der Waals surface area (Å²) in [6, 6.07) is 4.15. The lowest BCUT2D eigenvalue weighted by molar-refractivity contribution is -0.138. The maximum atomic E-state index is 14.2. The SMILES string of the molecule is O=C(C1CCC1)N1C[C@H]2CC[C@@H](C1)N(C(=O)c1ccc(Cl)cc1F)C2. The van der Waals surface area contributed by atoms with E-state index in [-0.39, 0.29) is 40.3 Å². The number of fused-ring (bicyclic) bond motifs is 4. The van der Waals surface area contributed by atoms with Gasteiger partial charge in [-0.3, -0.25) is 9.59 Å². The van der Waals surface area contributed by atoms with Gasteiger partial charge < -0.3 is 9.80 Å². The average Bonchev–Trinajstić information content (AvgIpc) is 2.84. The highest BCUT2D eigenvalue weighted by Crippen LogP contribution is 2.33. The van der Waals surface area contributed by atoms with Crippen LogP contribution in [0, 0.1) is 17.7 Å². The molecule has 1 aromatic rings. The molecule has 25 heavy (non-hydrogen) atoms. The van der Waals surface area contributed by atoms with Gasteiger partial charge in [0.25, 0.3) is 5.91 Å². The van der Waals surface area contributed by atoms with E-state index in [4.69, 9.17) is 11.6 Å². The maximum absolute atomic E-state index is 14.2. The molecule has 3 aliphatic heterocycles. The third-order valence-corrected chi connectivity index (χ3v) is 6.14. The number of rotatable bonds is 2. The Morgan fingerprint density at radius 2 is 1.88 bits per heavy atom. The number of halogens is 2.